The van der Waals surface area contributed by atoms with Crippen molar-refractivity contribution in [1.82, 2.24) is 10.5 Å². The van der Waals surface area contributed by atoms with E-state index >= 15 is 0 Å². The predicted octanol–water partition coefficient (Wildman–Crippen LogP) is -0.362. The van der Waals surface area contributed by atoms with Crippen molar-refractivity contribution in [3.63, 3.8) is 0 Å². The Balaban J connectivity index is 2.32. The molecule has 0 saturated carbocycles. The van der Waals surface area contributed by atoms with Gasteiger partial charge in [-0.2, -0.15) is 0 Å². The van der Waals surface area contributed by atoms with Crippen molar-refractivity contribution in [1.29, 1.82) is 0 Å². The summed E-state index contributed by atoms with van der Waals surface area (Å²) in [5, 5.41) is 6.22. The van der Waals surface area contributed by atoms with E-state index in [0.29, 0.717) is 12.2 Å². The lowest BCUT2D eigenvalue weighted by Gasteiger charge is -2.04. The van der Waals surface area contributed by atoms with Crippen molar-refractivity contribution in [2.45, 2.75) is 19.5 Å². The molecule has 0 aliphatic heterocycles. The van der Waals surface area contributed by atoms with Gasteiger partial charge in [0.1, 0.15) is 12.0 Å². The lowest BCUT2D eigenvalue weighted by atomic mass is 10.3. The maximum absolute atomic E-state index is 10.9. The fourth-order valence-electron chi connectivity index (χ4n) is 0.667. The fourth-order valence-corrected chi connectivity index (χ4v) is 0.667. The smallest absolute Gasteiger partial charge is 0.236 e. The molecule has 1 aromatic rings. The minimum atomic E-state index is -0.489. The van der Waals surface area contributed by atoms with Crippen molar-refractivity contribution < 1.29 is 9.32 Å². The Hall–Kier alpha value is -1.36. The van der Waals surface area contributed by atoms with E-state index in [9.17, 15) is 4.79 Å². The Kier molecular flexibility index (Phi) is 2.82. The molecule has 12 heavy (non-hydrogen) atoms. The van der Waals surface area contributed by atoms with Crippen molar-refractivity contribution in [3.8, 4) is 0 Å². The highest BCUT2D eigenvalue weighted by atomic mass is 16.5. The SMILES string of the molecule is C[C@@H](N)C(=O)NCc1ccon1. The largest absolute Gasteiger partial charge is 0.364 e. The third kappa shape index (κ3) is 2.35. The number of carbonyl (C=O) groups is 1. The van der Waals surface area contributed by atoms with E-state index in [1.54, 1.807) is 13.0 Å². The molecule has 5 heteroatoms. The van der Waals surface area contributed by atoms with Crippen LogP contribution in [-0.2, 0) is 11.3 Å². The molecule has 0 fully saturated rings. The van der Waals surface area contributed by atoms with Crippen LogP contribution in [0.5, 0.6) is 0 Å². The standard InChI is InChI=1S/C7H11N3O2/c1-5(8)7(11)9-4-6-2-3-12-10-6/h2-3,5H,4,8H2,1H3,(H,9,11)/t5-/m1/s1. The van der Waals surface area contributed by atoms with Gasteiger partial charge in [0.2, 0.25) is 5.91 Å². The Morgan fingerprint density at radius 3 is 3.17 bits per heavy atom. The number of rotatable bonds is 3. The second-order valence-corrected chi connectivity index (χ2v) is 2.50. The summed E-state index contributed by atoms with van der Waals surface area (Å²) < 4.78 is 4.57. The third-order valence-corrected chi connectivity index (χ3v) is 1.35. The van der Waals surface area contributed by atoms with E-state index in [2.05, 4.69) is 15.0 Å². The van der Waals surface area contributed by atoms with Gasteiger partial charge in [0.15, 0.2) is 0 Å². The lowest BCUT2D eigenvalue weighted by Crippen LogP contribution is -2.37. The molecule has 0 bridgehead atoms. The summed E-state index contributed by atoms with van der Waals surface area (Å²) in [5.74, 6) is -0.196. The topological polar surface area (TPSA) is 81.2 Å². The molecule has 0 aliphatic carbocycles. The van der Waals surface area contributed by atoms with Crippen molar-refractivity contribution in [3.05, 3.63) is 18.0 Å². The second-order valence-electron chi connectivity index (χ2n) is 2.50. The normalized spacial score (nSPS) is 12.5. The molecule has 0 aromatic carbocycles. The first-order valence-electron chi connectivity index (χ1n) is 3.62. The summed E-state index contributed by atoms with van der Waals surface area (Å²) in [6.45, 7) is 1.98. The minimum Gasteiger partial charge on any atom is -0.364 e. The molecule has 3 N–H and O–H groups in total. The van der Waals surface area contributed by atoms with Gasteiger partial charge in [-0.15, -0.1) is 0 Å². The lowest BCUT2D eigenvalue weighted by molar-refractivity contribution is -0.122. The zero-order valence-corrected chi connectivity index (χ0v) is 6.78. The molecule has 0 aliphatic rings. The van der Waals surface area contributed by atoms with Crippen LogP contribution >= 0.6 is 0 Å². The van der Waals surface area contributed by atoms with Gasteiger partial charge in [0.05, 0.1) is 12.6 Å². The molecule has 0 unspecified atom stereocenters. The summed E-state index contributed by atoms with van der Waals surface area (Å²) in [6.07, 6.45) is 1.45. The maximum Gasteiger partial charge on any atom is 0.236 e. The molecular formula is C7H11N3O2. The minimum absolute atomic E-state index is 0.196. The summed E-state index contributed by atoms with van der Waals surface area (Å²) in [7, 11) is 0. The van der Waals surface area contributed by atoms with Crippen molar-refractivity contribution in [2.24, 2.45) is 5.73 Å². The first-order chi connectivity index (χ1) is 5.70. The number of amides is 1. The summed E-state index contributed by atoms with van der Waals surface area (Å²) >= 11 is 0. The van der Waals surface area contributed by atoms with Gasteiger partial charge in [-0.1, -0.05) is 5.16 Å². The van der Waals surface area contributed by atoms with Gasteiger partial charge in [-0.3, -0.25) is 4.79 Å². The Morgan fingerprint density at radius 1 is 1.92 bits per heavy atom. The van der Waals surface area contributed by atoms with Crippen molar-refractivity contribution >= 4 is 5.91 Å². The molecule has 1 aromatic heterocycles. The zero-order chi connectivity index (χ0) is 8.97. The highest BCUT2D eigenvalue weighted by Gasteiger charge is 2.06. The van der Waals surface area contributed by atoms with Gasteiger partial charge < -0.3 is 15.6 Å². The van der Waals surface area contributed by atoms with Crippen molar-refractivity contribution in [2.75, 3.05) is 0 Å². The number of nitrogens with two attached hydrogens (primary N) is 1. The van der Waals surface area contributed by atoms with Gasteiger partial charge >= 0.3 is 0 Å². The average molecular weight is 169 g/mol. The monoisotopic (exact) mass is 169 g/mol. The molecule has 1 amide bonds. The van der Waals surface area contributed by atoms with Gasteiger partial charge in [0, 0.05) is 6.07 Å². The first kappa shape index (κ1) is 8.73. The number of nitrogens with one attached hydrogen (secondary N) is 1. The first-order valence-corrected chi connectivity index (χ1v) is 3.62. The highest BCUT2D eigenvalue weighted by Crippen LogP contribution is 1.92. The molecule has 0 spiro atoms. The number of nitrogens with zero attached hydrogens (tertiary/aromatic N) is 1. The Bertz CT molecular complexity index is 243. The number of aromatic nitrogens is 1. The van der Waals surface area contributed by atoms with Gasteiger partial charge in [0.25, 0.3) is 0 Å². The molecule has 5 nitrogen and oxygen atoms in total. The van der Waals surface area contributed by atoms with E-state index < -0.39 is 6.04 Å². The number of hydrogen-bond acceptors (Lipinski definition) is 4. The molecule has 0 radical (unpaired) electrons. The zero-order valence-electron chi connectivity index (χ0n) is 6.78. The van der Waals surface area contributed by atoms with Crippen LogP contribution in [0, 0.1) is 0 Å². The van der Waals surface area contributed by atoms with Crippen LogP contribution < -0.4 is 11.1 Å². The molecule has 1 atom stereocenters. The molecular weight excluding hydrogens is 158 g/mol. The number of carbonyl (C=O) groups excluding carboxylic acids is 1. The number of hydrogen-bond donors (Lipinski definition) is 2. The Morgan fingerprint density at radius 2 is 2.67 bits per heavy atom. The highest BCUT2D eigenvalue weighted by molar-refractivity contribution is 5.80. The molecule has 66 valence electrons. The van der Waals surface area contributed by atoms with Crippen LogP contribution in [-0.4, -0.2) is 17.1 Å². The quantitative estimate of drug-likeness (QED) is 0.647. The van der Waals surface area contributed by atoms with E-state index in [1.807, 2.05) is 0 Å². The van der Waals surface area contributed by atoms with Crippen LogP contribution in [0.4, 0.5) is 0 Å². The summed E-state index contributed by atoms with van der Waals surface area (Å²) in [5.41, 5.74) is 6.00. The van der Waals surface area contributed by atoms with E-state index in [0.717, 1.165) is 0 Å². The van der Waals surface area contributed by atoms with Crippen LogP contribution in [0.15, 0.2) is 16.9 Å². The van der Waals surface area contributed by atoms with Gasteiger partial charge in [-0.05, 0) is 6.92 Å². The molecule has 1 heterocycles. The third-order valence-electron chi connectivity index (χ3n) is 1.35. The Labute approximate surface area is 69.9 Å². The van der Waals surface area contributed by atoms with E-state index in [1.165, 1.54) is 6.26 Å². The van der Waals surface area contributed by atoms with Gasteiger partial charge in [-0.25, -0.2) is 0 Å². The molecule has 0 saturated heterocycles. The fraction of sp³-hybridized carbons (Fsp3) is 0.429. The average Bonchev–Trinajstić information content (AvgIpc) is 2.51. The van der Waals surface area contributed by atoms with E-state index in [-0.39, 0.29) is 5.91 Å². The maximum atomic E-state index is 10.9. The summed E-state index contributed by atoms with van der Waals surface area (Å²) in [4.78, 5) is 10.9. The second kappa shape index (κ2) is 3.87. The molecule has 1 rings (SSSR count). The predicted molar refractivity (Wildman–Crippen MR) is 42.0 cm³/mol. The van der Waals surface area contributed by atoms with Crippen LogP contribution in [0.3, 0.4) is 0 Å². The van der Waals surface area contributed by atoms with Crippen LogP contribution in [0.1, 0.15) is 12.6 Å². The summed E-state index contributed by atoms with van der Waals surface area (Å²) in [6, 6.07) is 1.19. The van der Waals surface area contributed by atoms with Crippen LogP contribution in [0.25, 0.3) is 0 Å². The van der Waals surface area contributed by atoms with E-state index in [4.69, 9.17) is 5.73 Å². The van der Waals surface area contributed by atoms with Crippen LogP contribution in [0.2, 0.25) is 0 Å².